The van der Waals surface area contributed by atoms with Crippen LogP contribution in [-0.4, -0.2) is 25.7 Å². The van der Waals surface area contributed by atoms with Gasteiger partial charge in [-0.15, -0.1) is 0 Å². The molecule has 1 rings (SSSR count). The third-order valence-corrected chi connectivity index (χ3v) is 5.06. The summed E-state index contributed by atoms with van der Waals surface area (Å²) in [6.45, 7) is 5.23. The van der Waals surface area contributed by atoms with Crippen LogP contribution in [0.15, 0.2) is 23.1 Å². The molecule has 6 heteroatoms. The molecule has 0 saturated heterocycles. The highest BCUT2D eigenvalue weighted by molar-refractivity contribution is 7.89. The van der Waals surface area contributed by atoms with Crippen LogP contribution in [0.3, 0.4) is 0 Å². The molecule has 0 bridgehead atoms. The van der Waals surface area contributed by atoms with Crippen molar-refractivity contribution in [3.63, 3.8) is 0 Å². The van der Waals surface area contributed by atoms with Crippen LogP contribution in [0.25, 0.3) is 0 Å². The van der Waals surface area contributed by atoms with E-state index in [9.17, 15) is 13.5 Å². The molecule has 0 aliphatic carbocycles. The molecule has 0 fully saturated rings. The first-order chi connectivity index (χ1) is 9.28. The van der Waals surface area contributed by atoms with Crippen molar-refractivity contribution in [1.82, 2.24) is 4.72 Å². The Labute approximate surface area is 120 Å². The maximum atomic E-state index is 12.2. The van der Waals surface area contributed by atoms with Crippen molar-refractivity contribution in [2.75, 3.05) is 6.54 Å². The molecule has 2 N–H and O–H groups in total. The summed E-state index contributed by atoms with van der Waals surface area (Å²) in [5.74, 6) is 0. The number of aryl methyl sites for hydroxylation is 1. The lowest BCUT2D eigenvalue weighted by Gasteiger charge is -2.25. The maximum Gasteiger partial charge on any atom is 0.240 e. The summed E-state index contributed by atoms with van der Waals surface area (Å²) in [5.41, 5.74) is -0.110. The Hall–Kier alpha value is -1.42. The highest BCUT2D eigenvalue weighted by Crippen LogP contribution is 2.18. The van der Waals surface area contributed by atoms with Gasteiger partial charge in [0.2, 0.25) is 10.0 Å². The number of benzene rings is 1. The van der Waals surface area contributed by atoms with E-state index in [2.05, 4.69) is 4.72 Å². The molecule has 20 heavy (non-hydrogen) atoms. The molecule has 0 atom stereocenters. The number of hydrogen-bond acceptors (Lipinski definition) is 4. The van der Waals surface area contributed by atoms with E-state index in [1.54, 1.807) is 6.92 Å². The van der Waals surface area contributed by atoms with Crippen molar-refractivity contribution < 1.29 is 13.5 Å². The molecule has 0 saturated carbocycles. The topological polar surface area (TPSA) is 90.2 Å². The highest BCUT2D eigenvalue weighted by atomic mass is 32.2. The third-order valence-electron chi connectivity index (χ3n) is 3.50. The average molecular weight is 296 g/mol. The minimum atomic E-state index is -3.69. The zero-order valence-corrected chi connectivity index (χ0v) is 12.8. The van der Waals surface area contributed by atoms with Crippen LogP contribution in [0.2, 0.25) is 0 Å². The molecule has 0 aliphatic heterocycles. The van der Waals surface area contributed by atoms with Crippen LogP contribution >= 0.6 is 0 Å². The molecule has 0 radical (unpaired) electrons. The van der Waals surface area contributed by atoms with Gasteiger partial charge in [0.05, 0.1) is 22.1 Å². The summed E-state index contributed by atoms with van der Waals surface area (Å²) >= 11 is 0. The second-order valence-corrected chi connectivity index (χ2v) is 6.58. The van der Waals surface area contributed by atoms with Crippen molar-refractivity contribution in [1.29, 1.82) is 5.26 Å². The standard InChI is InChI=1S/C14H20N2O3S/c1-4-14(17,5-2)10-16-20(18,19)13-7-6-12(9-15)8-11(13)3/h6-8,16-17H,4-5,10H2,1-3H3. The second-order valence-electron chi connectivity index (χ2n) is 4.85. The first-order valence-corrected chi connectivity index (χ1v) is 7.99. The molecule has 1 aromatic carbocycles. The molecule has 5 nitrogen and oxygen atoms in total. The first-order valence-electron chi connectivity index (χ1n) is 6.51. The zero-order valence-electron chi connectivity index (χ0n) is 12.0. The first kappa shape index (κ1) is 16.6. The Morgan fingerprint density at radius 1 is 1.35 bits per heavy atom. The average Bonchev–Trinajstić information content (AvgIpc) is 2.44. The molecular weight excluding hydrogens is 276 g/mol. The maximum absolute atomic E-state index is 12.2. The number of hydrogen-bond donors (Lipinski definition) is 2. The molecule has 1 aromatic rings. The molecule has 0 aromatic heterocycles. The summed E-state index contributed by atoms with van der Waals surface area (Å²) in [5, 5.41) is 18.9. The molecule has 0 aliphatic rings. The van der Waals surface area contributed by atoms with Crippen LogP contribution in [0.4, 0.5) is 0 Å². The Balaban J connectivity index is 2.98. The SMILES string of the molecule is CCC(O)(CC)CNS(=O)(=O)c1ccc(C#N)cc1C. The predicted molar refractivity (Wildman–Crippen MR) is 76.6 cm³/mol. The molecule has 0 amide bonds. The van der Waals surface area contributed by atoms with Gasteiger partial charge in [0.15, 0.2) is 0 Å². The lowest BCUT2D eigenvalue weighted by molar-refractivity contribution is 0.0377. The Kier molecular flexibility index (Phi) is 5.28. The molecule has 0 spiro atoms. The van der Waals surface area contributed by atoms with Crippen LogP contribution in [-0.2, 0) is 10.0 Å². The lowest BCUT2D eigenvalue weighted by Crippen LogP contribution is -2.42. The number of nitrogens with zero attached hydrogens (tertiary/aromatic N) is 1. The third kappa shape index (κ3) is 3.79. The lowest BCUT2D eigenvalue weighted by atomic mass is 9.98. The minimum absolute atomic E-state index is 0.0260. The highest BCUT2D eigenvalue weighted by Gasteiger charge is 2.26. The fourth-order valence-electron chi connectivity index (χ4n) is 1.83. The Morgan fingerprint density at radius 2 is 1.95 bits per heavy atom. The van der Waals surface area contributed by atoms with Crippen LogP contribution in [0, 0.1) is 18.3 Å². The van der Waals surface area contributed by atoms with Crippen molar-refractivity contribution in [3.8, 4) is 6.07 Å². The van der Waals surface area contributed by atoms with E-state index >= 15 is 0 Å². The van der Waals surface area contributed by atoms with E-state index in [1.165, 1.54) is 18.2 Å². The van der Waals surface area contributed by atoms with E-state index in [-0.39, 0.29) is 11.4 Å². The number of sulfonamides is 1. The number of rotatable bonds is 6. The van der Waals surface area contributed by atoms with Gasteiger partial charge in [-0.1, -0.05) is 13.8 Å². The van der Waals surface area contributed by atoms with Crippen LogP contribution in [0.1, 0.15) is 37.8 Å². The zero-order chi connectivity index (χ0) is 15.4. The van der Waals surface area contributed by atoms with Crippen LogP contribution in [0.5, 0.6) is 0 Å². The molecule has 0 unspecified atom stereocenters. The number of nitriles is 1. The summed E-state index contributed by atoms with van der Waals surface area (Å²) in [6, 6.07) is 6.37. The predicted octanol–water partition coefficient (Wildman–Crippen LogP) is 1.70. The Morgan fingerprint density at radius 3 is 2.40 bits per heavy atom. The van der Waals surface area contributed by atoms with Crippen molar-refractivity contribution in [2.24, 2.45) is 0 Å². The van der Waals surface area contributed by atoms with E-state index in [4.69, 9.17) is 5.26 Å². The summed E-state index contributed by atoms with van der Waals surface area (Å²) < 4.78 is 26.9. The van der Waals surface area contributed by atoms with Gasteiger partial charge in [0, 0.05) is 6.54 Å². The van der Waals surface area contributed by atoms with Crippen molar-refractivity contribution in [3.05, 3.63) is 29.3 Å². The molecular formula is C14H20N2O3S. The summed E-state index contributed by atoms with van der Waals surface area (Å²) in [4.78, 5) is 0.131. The van der Waals surface area contributed by atoms with Crippen molar-refractivity contribution in [2.45, 2.75) is 44.1 Å². The van der Waals surface area contributed by atoms with Gasteiger partial charge in [0.25, 0.3) is 0 Å². The van der Waals surface area contributed by atoms with Gasteiger partial charge < -0.3 is 5.11 Å². The van der Waals surface area contributed by atoms with Gasteiger partial charge in [-0.2, -0.15) is 5.26 Å². The number of aliphatic hydroxyl groups is 1. The van der Waals surface area contributed by atoms with Crippen molar-refractivity contribution >= 4 is 10.0 Å². The number of nitrogens with one attached hydrogen (secondary N) is 1. The van der Waals surface area contributed by atoms with Gasteiger partial charge in [-0.3, -0.25) is 0 Å². The minimum Gasteiger partial charge on any atom is -0.389 e. The van der Waals surface area contributed by atoms with Gasteiger partial charge in [0.1, 0.15) is 0 Å². The normalized spacial score (nSPS) is 12.2. The van der Waals surface area contributed by atoms with Gasteiger partial charge in [-0.05, 0) is 43.5 Å². The van der Waals surface area contributed by atoms with Gasteiger partial charge in [-0.25, -0.2) is 13.1 Å². The Bertz CT molecular complexity index is 614. The van der Waals surface area contributed by atoms with E-state index in [0.29, 0.717) is 24.0 Å². The molecule has 0 heterocycles. The van der Waals surface area contributed by atoms with E-state index in [1.807, 2.05) is 19.9 Å². The van der Waals surface area contributed by atoms with E-state index in [0.717, 1.165) is 0 Å². The summed E-state index contributed by atoms with van der Waals surface area (Å²) in [6.07, 6.45) is 0.941. The quantitative estimate of drug-likeness (QED) is 0.836. The largest absolute Gasteiger partial charge is 0.389 e. The second kappa shape index (κ2) is 6.35. The fraction of sp³-hybridized carbons (Fsp3) is 0.500. The van der Waals surface area contributed by atoms with Crippen LogP contribution < -0.4 is 4.72 Å². The monoisotopic (exact) mass is 296 g/mol. The fourth-order valence-corrected chi connectivity index (χ4v) is 3.17. The van der Waals surface area contributed by atoms with E-state index < -0.39 is 15.6 Å². The summed E-state index contributed by atoms with van der Waals surface area (Å²) in [7, 11) is -3.69. The molecule has 110 valence electrons. The smallest absolute Gasteiger partial charge is 0.240 e. The van der Waals surface area contributed by atoms with Gasteiger partial charge >= 0.3 is 0 Å².